The molecule has 0 amide bonds. The number of carbonyl (C=O) groups is 2. The van der Waals surface area contributed by atoms with Crippen LogP contribution in [0.4, 0.5) is 0 Å². The quantitative estimate of drug-likeness (QED) is 0.388. The largest absolute Gasteiger partial charge is 0.458 e. The molecule has 1 heterocycles. The summed E-state index contributed by atoms with van der Waals surface area (Å²) in [4.78, 5) is 23.6. The normalized spacial score (nSPS) is 35.3. The van der Waals surface area contributed by atoms with Crippen LogP contribution in [0.25, 0.3) is 0 Å². The Labute approximate surface area is 192 Å². The average Bonchev–Trinajstić information content (AvgIpc) is 3.02. The van der Waals surface area contributed by atoms with E-state index in [0.29, 0.717) is 23.8 Å². The van der Waals surface area contributed by atoms with Gasteiger partial charge in [-0.15, -0.1) is 6.58 Å². The van der Waals surface area contributed by atoms with Crippen LogP contribution in [0.3, 0.4) is 0 Å². The van der Waals surface area contributed by atoms with Crippen molar-refractivity contribution >= 4 is 11.9 Å². The van der Waals surface area contributed by atoms with Crippen molar-refractivity contribution in [2.45, 2.75) is 98.4 Å². The zero-order chi connectivity index (χ0) is 23.7. The molecule has 0 spiro atoms. The molecule has 1 N–H and O–H groups in total. The van der Waals surface area contributed by atoms with Gasteiger partial charge < -0.3 is 14.6 Å². The highest BCUT2D eigenvalue weighted by molar-refractivity contribution is 5.86. The van der Waals surface area contributed by atoms with Crippen LogP contribution in [-0.4, -0.2) is 29.4 Å². The van der Waals surface area contributed by atoms with Gasteiger partial charge in [-0.1, -0.05) is 38.0 Å². The summed E-state index contributed by atoms with van der Waals surface area (Å²) in [5.41, 5.74) is 3.12. The van der Waals surface area contributed by atoms with Gasteiger partial charge in [0.05, 0.1) is 0 Å². The van der Waals surface area contributed by atoms with E-state index in [4.69, 9.17) is 9.47 Å². The molecule has 178 valence electrons. The third-order valence-corrected chi connectivity index (χ3v) is 8.37. The molecule has 0 saturated heterocycles. The van der Waals surface area contributed by atoms with Gasteiger partial charge in [0.25, 0.3) is 0 Å². The third-order valence-electron chi connectivity index (χ3n) is 8.37. The van der Waals surface area contributed by atoms with Gasteiger partial charge in [0.15, 0.2) is 0 Å². The first kappa shape index (κ1) is 24.8. The van der Waals surface area contributed by atoms with E-state index in [0.717, 1.165) is 25.7 Å². The van der Waals surface area contributed by atoms with Crippen LogP contribution < -0.4 is 0 Å². The summed E-state index contributed by atoms with van der Waals surface area (Å²) in [7, 11) is 0. The lowest BCUT2D eigenvalue weighted by Gasteiger charge is -2.54. The molecule has 0 bridgehead atoms. The Bertz CT molecular complexity index is 824. The molecule has 5 heteroatoms. The summed E-state index contributed by atoms with van der Waals surface area (Å²) in [6.07, 6.45) is 10.2. The molecule has 0 aromatic rings. The van der Waals surface area contributed by atoms with Gasteiger partial charge in [0, 0.05) is 18.6 Å². The summed E-state index contributed by atoms with van der Waals surface area (Å²) >= 11 is 0. The van der Waals surface area contributed by atoms with Crippen LogP contribution in [0.5, 0.6) is 0 Å². The van der Waals surface area contributed by atoms with E-state index < -0.39 is 24.3 Å². The van der Waals surface area contributed by atoms with Crippen LogP contribution in [0.2, 0.25) is 0 Å². The van der Waals surface area contributed by atoms with Crippen molar-refractivity contribution < 1.29 is 24.2 Å². The van der Waals surface area contributed by atoms with E-state index in [1.54, 1.807) is 0 Å². The third kappa shape index (κ3) is 5.03. The predicted octanol–water partition coefficient (Wildman–Crippen LogP) is 5.64. The van der Waals surface area contributed by atoms with Crippen molar-refractivity contribution in [1.29, 1.82) is 0 Å². The van der Waals surface area contributed by atoms with Gasteiger partial charge in [-0.2, -0.15) is 0 Å². The summed E-state index contributed by atoms with van der Waals surface area (Å²) in [5.74, 6) is -0.114. The number of cyclic esters (lactones) is 1. The second kappa shape index (κ2) is 9.54. The molecule has 32 heavy (non-hydrogen) atoms. The molecule has 0 radical (unpaired) electrons. The van der Waals surface area contributed by atoms with E-state index in [1.807, 2.05) is 0 Å². The van der Waals surface area contributed by atoms with Crippen molar-refractivity contribution in [1.82, 2.24) is 0 Å². The van der Waals surface area contributed by atoms with Gasteiger partial charge in [-0.3, -0.25) is 4.79 Å². The number of allylic oxidation sites excluding steroid dienone is 3. The smallest absolute Gasteiger partial charge is 0.333 e. The maximum atomic E-state index is 11.9. The number of rotatable bonds is 8. The van der Waals surface area contributed by atoms with Crippen molar-refractivity contribution in [2.75, 3.05) is 0 Å². The van der Waals surface area contributed by atoms with E-state index in [2.05, 4.69) is 40.3 Å². The van der Waals surface area contributed by atoms with Gasteiger partial charge >= 0.3 is 11.9 Å². The average molecular weight is 445 g/mol. The first-order valence-corrected chi connectivity index (χ1v) is 12.1. The number of aliphatic hydroxyl groups is 1. The SMILES string of the molecule is C=C(C)CCC[C@]1(C)CCC=C2[C@H]1CC[C@@H](C)[C@@]2(C)C[C@H](OC(C)=O)C1=CC(=O)OC1O. The van der Waals surface area contributed by atoms with Crippen LogP contribution in [0.1, 0.15) is 86.0 Å². The lowest BCUT2D eigenvalue weighted by Crippen LogP contribution is -2.46. The Hall–Kier alpha value is -1.88. The van der Waals surface area contributed by atoms with Crippen LogP contribution >= 0.6 is 0 Å². The minimum atomic E-state index is -1.35. The molecule has 1 fully saturated rings. The number of esters is 2. The molecule has 2 aliphatic carbocycles. The van der Waals surface area contributed by atoms with E-state index in [9.17, 15) is 14.7 Å². The highest BCUT2D eigenvalue weighted by Gasteiger charge is 2.51. The van der Waals surface area contributed by atoms with Gasteiger partial charge in [-0.25, -0.2) is 4.79 Å². The molecule has 3 rings (SSSR count). The topological polar surface area (TPSA) is 72.8 Å². The number of carbonyl (C=O) groups excluding carboxylic acids is 2. The summed E-state index contributed by atoms with van der Waals surface area (Å²) in [6.45, 7) is 14.5. The van der Waals surface area contributed by atoms with E-state index in [-0.39, 0.29) is 10.8 Å². The molecule has 1 unspecified atom stereocenters. The molecular formula is C27H40O5. The predicted molar refractivity (Wildman–Crippen MR) is 124 cm³/mol. The maximum Gasteiger partial charge on any atom is 0.333 e. The fourth-order valence-electron chi connectivity index (χ4n) is 6.30. The maximum absolute atomic E-state index is 11.9. The minimum Gasteiger partial charge on any atom is -0.458 e. The highest BCUT2D eigenvalue weighted by Crippen LogP contribution is 2.60. The summed E-state index contributed by atoms with van der Waals surface area (Å²) < 4.78 is 10.6. The Balaban J connectivity index is 1.89. The zero-order valence-electron chi connectivity index (χ0n) is 20.4. The van der Waals surface area contributed by atoms with Crippen LogP contribution in [0, 0.1) is 22.7 Å². The highest BCUT2D eigenvalue weighted by atomic mass is 16.6. The Morgan fingerprint density at radius 3 is 2.66 bits per heavy atom. The molecule has 3 aliphatic rings. The second-order valence-electron chi connectivity index (χ2n) is 10.8. The van der Waals surface area contributed by atoms with E-state index >= 15 is 0 Å². The number of aliphatic hydroxyl groups excluding tert-OH is 1. The summed E-state index contributed by atoms with van der Waals surface area (Å²) in [6, 6.07) is 0. The summed E-state index contributed by atoms with van der Waals surface area (Å²) in [5, 5.41) is 10.3. The van der Waals surface area contributed by atoms with Crippen LogP contribution in [0.15, 0.2) is 35.5 Å². The van der Waals surface area contributed by atoms with Crippen LogP contribution in [-0.2, 0) is 19.1 Å². The number of hydrogen-bond acceptors (Lipinski definition) is 5. The van der Waals surface area contributed by atoms with Gasteiger partial charge in [0.1, 0.15) is 6.10 Å². The Morgan fingerprint density at radius 2 is 2.06 bits per heavy atom. The number of fused-ring (bicyclic) bond motifs is 1. The molecule has 1 aliphatic heterocycles. The molecule has 6 atom stereocenters. The van der Waals surface area contributed by atoms with Crippen molar-refractivity contribution in [2.24, 2.45) is 22.7 Å². The molecule has 1 saturated carbocycles. The van der Waals surface area contributed by atoms with Gasteiger partial charge in [-0.05, 0) is 81.0 Å². The van der Waals surface area contributed by atoms with E-state index in [1.165, 1.54) is 43.4 Å². The molecule has 5 nitrogen and oxygen atoms in total. The second-order valence-corrected chi connectivity index (χ2v) is 10.8. The molecular weight excluding hydrogens is 404 g/mol. The first-order chi connectivity index (χ1) is 15.0. The Kier molecular flexibility index (Phi) is 7.38. The van der Waals surface area contributed by atoms with Crippen molar-refractivity contribution in [3.8, 4) is 0 Å². The van der Waals surface area contributed by atoms with Crippen molar-refractivity contribution in [3.05, 3.63) is 35.5 Å². The lowest BCUT2D eigenvalue weighted by atomic mass is 9.50. The number of hydrogen-bond donors (Lipinski definition) is 1. The van der Waals surface area contributed by atoms with Gasteiger partial charge in [0.2, 0.25) is 6.29 Å². The zero-order valence-corrected chi connectivity index (χ0v) is 20.4. The monoisotopic (exact) mass is 444 g/mol. The minimum absolute atomic E-state index is 0.189. The Morgan fingerprint density at radius 1 is 1.34 bits per heavy atom. The number of ether oxygens (including phenoxy) is 2. The molecule has 0 aromatic heterocycles. The lowest BCUT2D eigenvalue weighted by molar-refractivity contribution is -0.154. The fraction of sp³-hybridized carbons (Fsp3) is 0.704. The van der Waals surface area contributed by atoms with Crippen molar-refractivity contribution in [3.63, 3.8) is 0 Å². The standard InChI is InChI=1S/C27H40O5/c1-17(2)9-7-13-26(5)14-8-10-22-21(26)12-11-18(3)27(22,6)16-23(31-19(4)28)20-15-24(29)32-25(20)30/h10,15,18,21,23,25,30H,1,7-9,11-14,16H2,2-6H3/t18-,21-,23+,25?,26-,27-/m1/s1. The fourth-order valence-corrected chi connectivity index (χ4v) is 6.30. The first-order valence-electron chi connectivity index (χ1n) is 12.1. The molecule has 0 aromatic carbocycles.